The third-order valence-corrected chi connectivity index (χ3v) is 6.59. The van der Waals surface area contributed by atoms with Crippen molar-refractivity contribution in [2.24, 2.45) is 0 Å². The number of anilines is 1. The van der Waals surface area contributed by atoms with E-state index in [1.54, 1.807) is 18.2 Å². The van der Waals surface area contributed by atoms with Crippen LogP contribution in [0.4, 0.5) is 18.9 Å². The number of nitrogens with one attached hydrogen (secondary N) is 1. The lowest BCUT2D eigenvalue weighted by Gasteiger charge is -2.23. The van der Waals surface area contributed by atoms with Crippen molar-refractivity contribution in [1.82, 2.24) is 0 Å². The lowest BCUT2D eigenvalue weighted by atomic mass is 10.0. The van der Waals surface area contributed by atoms with Crippen molar-refractivity contribution in [2.45, 2.75) is 23.6 Å². The van der Waals surface area contributed by atoms with Crippen LogP contribution in [-0.2, 0) is 20.5 Å². The van der Waals surface area contributed by atoms with Crippen LogP contribution in [0.25, 0.3) is 16.8 Å². The molecule has 3 rings (SSSR count). The summed E-state index contributed by atoms with van der Waals surface area (Å²) in [5.41, 5.74) is -3.10. The molecule has 1 unspecified atom stereocenters. The number of ether oxygens (including phenoxy) is 1. The van der Waals surface area contributed by atoms with Gasteiger partial charge in [-0.15, -0.1) is 11.8 Å². The van der Waals surface area contributed by atoms with E-state index in [9.17, 15) is 27.9 Å². The SMILES string of the molecule is COC(=O)C=Cc1ccc(SCC(C)(O)C(=O)Nc2ccc(C#N)c(C(F)(F)F)c2)c2ccccc12. The molecule has 0 heterocycles. The zero-order valence-electron chi connectivity index (χ0n) is 19.2. The molecule has 3 aromatic carbocycles. The molecule has 0 aliphatic heterocycles. The predicted molar refractivity (Wildman–Crippen MR) is 131 cm³/mol. The minimum absolute atomic E-state index is 0.0947. The van der Waals surface area contributed by atoms with Gasteiger partial charge < -0.3 is 15.2 Å². The fourth-order valence-electron chi connectivity index (χ4n) is 3.30. The van der Waals surface area contributed by atoms with Crippen molar-refractivity contribution in [3.8, 4) is 6.07 Å². The van der Waals surface area contributed by atoms with Gasteiger partial charge >= 0.3 is 12.1 Å². The molecule has 0 radical (unpaired) electrons. The first-order chi connectivity index (χ1) is 17.0. The Morgan fingerprint density at radius 1 is 1.14 bits per heavy atom. The van der Waals surface area contributed by atoms with Gasteiger partial charge in [-0.05, 0) is 53.6 Å². The number of nitrogens with zero attached hydrogens (tertiary/aromatic N) is 1. The van der Waals surface area contributed by atoms with E-state index in [0.29, 0.717) is 6.07 Å². The van der Waals surface area contributed by atoms with Crippen molar-refractivity contribution in [2.75, 3.05) is 18.2 Å². The summed E-state index contributed by atoms with van der Waals surface area (Å²) in [5.74, 6) is -1.48. The van der Waals surface area contributed by atoms with E-state index in [1.807, 2.05) is 24.3 Å². The van der Waals surface area contributed by atoms with Gasteiger partial charge in [-0.3, -0.25) is 4.79 Å². The highest BCUT2D eigenvalue weighted by atomic mass is 32.2. The topological polar surface area (TPSA) is 99.4 Å². The van der Waals surface area contributed by atoms with Crippen LogP contribution in [0.1, 0.15) is 23.6 Å². The molecule has 0 saturated heterocycles. The number of rotatable bonds is 7. The fourth-order valence-corrected chi connectivity index (χ4v) is 4.36. The van der Waals surface area contributed by atoms with E-state index in [1.165, 1.54) is 44.0 Å². The number of nitriles is 1. The lowest BCUT2D eigenvalue weighted by molar-refractivity contribution is -0.138. The van der Waals surface area contributed by atoms with Crippen LogP contribution in [0.3, 0.4) is 0 Å². The van der Waals surface area contributed by atoms with Gasteiger partial charge in [0.05, 0.1) is 24.3 Å². The molecule has 10 heteroatoms. The van der Waals surface area contributed by atoms with E-state index >= 15 is 0 Å². The van der Waals surface area contributed by atoms with E-state index in [-0.39, 0.29) is 11.4 Å². The largest absolute Gasteiger partial charge is 0.466 e. The van der Waals surface area contributed by atoms with Crippen molar-refractivity contribution >= 4 is 46.2 Å². The van der Waals surface area contributed by atoms with Crippen molar-refractivity contribution in [1.29, 1.82) is 5.26 Å². The van der Waals surface area contributed by atoms with Gasteiger partial charge in [0.1, 0.15) is 5.60 Å². The number of hydrogen-bond donors (Lipinski definition) is 2. The van der Waals surface area contributed by atoms with Crippen molar-refractivity contribution < 1.29 is 32.6 Å². The van der Waals surface area contributed by atoms with Gasteiger partial charge in [0.15, 0.2) is 0 Å². The number of alkyl halides is 3. The first kappa shape index (κ1) is 26.8. The number of methoxy groups -OCH3 is 1. The zero-order valence-corrected chi connectivity index (χ0v) is 20.0. The molecular weight excluding hydrogens is 493 g/mol. The lowest BCUT2D eigenvalue weighted by Crippen LogP contribution is -2.42. The first-order valence-corrected chi connectivity index (χ1v) is 11.5. The third-order valence-electron chi connectivity index (χ3n) is 5.22. The third kappa shape index (κ3) is 6.24. The summed E-state index contributed by atoms with van der Waals surface area (Å²) in [7, 11) is 1.28. The van der Waals surface area contributed by atoms with Crippen LogP contribution in [0.2, 0.25) is 0 Å². The Bertz CT molecular complexity index is 1380. The van der Waals surface area contributed by atoms with Crippen LogP contribution in [-0.4, -0.2) is 35.4 Å². The Kier molecular flexibility index (Phi) is 8.07. The van der Waals surface area contributed by atoms with E-state index in [4.69, 9.17) is 5.26 Å². The average Bonchev–Trinajstić information content (AvgIpc) is 2.85. The molecule has 0 aliphatic carbocycles. The molecule has 1 amide bonds. The molecule has 0 saturated carbocycles. The van der Waals surface area contributed by atoms with Gasteiger partial charge in [0.25, 0.3) is 5.91 Å². The summed E-state index contributed by atoms with van der Waals surface area (Å²) < 4.78 is 44.3. The highest BCUT2D eigenvalue weighted by molar-refractivity contribution is 7.99. The number of amides is 1. The summed E-state index contributed by atoms with van der Waals surface area (Å²) in [5, 5.41) is 23.6. The fraction of sp³-hybridized carbons (Fsp3) is 0.192. The Balaban J connectivity index is 1.79. The summed E-state index contributed by atoms with van der Waals surface area (Å²) in [4.78, 5) is 24.9. The molecule has 0 bridgehead atoms. The highest BCUT2D eigenvalue weighted by Gasteiger charge is 2.35. The molecular formula is C26H21F3N2O4S. The minimum atomic E-state index is -4.77. The average molecular weight is 515 g/mol. The molecule has 3 aromatic rings. The number of hydrogen-bond acceptors (Lipinski definition) is 6. The summed E-state index contributed by atoms with van der Waals surface area (Å²) >= 11 is 1.20. The molecule has 0 aliphatic rings. The maximum atomic E-state index is 13.2. The second-order valence-corrected chi connectivity index (χ2v) is 8.96. The second kappa shape index (κ2) is 10.8. The van der Waals surface area contributed by atoms with Gasteiger partial charge in [0.2, 0.25) is 0 Å². The number of esters is 1. The maximum absolute atomic E-state index is 13.2. The van der Waals surface area contributed by atoms with E-state index < -0.39 is 34.8 Å². The van der Waals surface area contributed by atoms with Crippen molar-refractivity contribution in [3.05, 3.63) is 77.4 Å². The maximum Gasteiger partial charge on any atom is 0.417 e. The number of fused-ring (bicyclic) bond motifs is 1. The molecule has 0 spiro atoms. The molecule has 36 heavy (non-hydrogen) atoms. The summed E-state index contributed by atoms with van der Waals surface area (Å²) in [6, 6.07) is 15.2. The number of carbonyl (C=O) groups is 2. The summed E-state index contributed by atoms with van der Waals surface area (Å²) in [6.07, 6.45) is -1.85. The van der Waals surface area contributed by atoms with Crippen LogP contribution in [0, 0.1) is 11.3 Å². The smallest absolute Gasteiger partial charge is 0.417 e. The van der Waals surface area contributed by atoms with E-state index in [0.717, 1.165) is 27.3 Å². The number of halogens is 3. The van der Waals surface area contributed by atoms with E-state index in [2.05, 4.69) is 10.1 Å². The molecule has 0 fully saturated rings. The summed E-state index contributed by atoms with van der Waals surface area (Å²) in [6.45, 7) is 1.26. The number of thioether (sulfide) groups is 1. The van der Waals surface area contributed by atoms with Crippen LogP contribution >= 0.6 is 11.8 Å². The van der Waals surface area contributed by atoms with Gasteiger partial charge in [-0.2, -0.15) is 18.4 Å². The van der Waals surface area contributed by atoms with Gasteiger partial charge in [-0.1, -0.05) is 30.3 Å². The molecule has 0 aromatic heterocycles. The molecule has 1 atom stereocenters. The number of benzene rings is 3. The van der Waals surface area contributed by atoms with Gasteiger partial charge in [-0.25, -0.2) is 4.79 Å². The minimum Gasteiger partial charge on any atom is -0.466 e. The first-order valence-electron chi connectivity index (χ1n) is 10.5. The van der Waals surface area contributed by atoms with Crippen LogP contribution in [0.5, 0.6) is 0 Å². The molecule has 2 N–H and O–H groups in total. The Morgan fingerprint density at radius 3 is 2.47 bits per heavy atom. The monoisotopic (exact) mass is 514 g/mol. The quantitative estimate of drug-likeness (QED) is 0.249. The normalized spacial score (nSPS) is 13.2. The number of carbonyl (C=O) groups excluding carboxylic acids is 2. The molecule has 6 nitrogen and oxygen atoms in total. The van der Waals surface area contributed by atoms with Gasteiger partial charge in [0, 0.05) is 22.4 Å². The van der Waals surface area contributed by atoms with Crippen LogP contribution in [0.15, 0.2) is 65.6 Å². The zero-order chi connectivity index (χ0) is 26.5. The Morgan fingerprint density at radius 2 is 1.83 bits per heavy atom. The Hall–Kier alpha value is -3.81. The van der Waals surface area contributed by atoms with Crippen molar-refractivity contribution in [3.63, 3.8) is 0 Å². The standard InChI is InChI=1S/C26H21F3N2O4S/c1-25(34,24(33)31-18-10-7-17(14-30)21(13-18)26(27,28)29)15-36-22-11-8-16(9-12-23(32)35-2)19-5-3-4-6-20(19)22/h3-13,34H,15H2,1-2H3,(H,31,33). The highest BCUT2D eigenvalue weighted by Crippen LogP contribution is 2.35. The predicted octanol–water partition coefficient (Wildman–Crippen LogP) is 5.40. The number of aliphatic hydroxyl groups is 1. The molecule has 186 valence electrons. The van der Waals surface area contributed by atoms with Crippen LogP contribution < -0.4 is 5.32 Å². The second-order valence-electron chi connectivity index (χ2n) is 7.94. The Labute approximate surface area is 209 Å².